The molecule has 1 atom stereocenters. The van der Waals surface area contributed by atoms with Gasteiger partial charge < -0.3 is 20.7 Å². The average molecular weight is 308 g/mol. The van der Waals surface area contributed by atoms with E-state index in [0.29, 0.717) is 12.2 Å². The third-order valence-electron chi connectivity index (χ3n) is 2.80. The number of H-pyrrole nitrogens is 1. The average Bonchev–Trinajstić information content (AvgIpc) is 3.07. The van der Waals surface area contributed by atoms with Crippen LogP contribution in [0, 0.1) is 6.92 Å². The summed E-state index contributed by atoms with van der Waals surface area (Å²) in [4.78, 5) is 31.7. The van der Waals surface area contributed by atoms with Crippen LogP contribution in [-0.2, 0) is 17.8 Å². The molecule has 8 heteroatoms. The second-order valence-corrected chi connectivity index (χ2v) is 5.88. The lowest BCUT2D eigenvalue weighted by atomic mass is 10.2. The first-order valence-corrected chi connectivity index (χ1v) is 7.16. The maximum Gasteiger partial charge on any atom is 0.326 e. The highest BCUT2D eigenvalue weighted by molar-refractivity contribution is 7.11. The van der Waals surface area contributed by atoms with E-state index in [-0.39, 0.29) is 6.42 Å². The molecule has 0 aromatic carbocycles. The summed E-state index contributed by atoms with van der Waals surface area (Å²) in [5, 5.41) is 14.2. The third-order valence-corrected chi connectivity index (χ3v) is 3.80. The third kappa shape index (κ3) is 4.60. The SMILES string of the molecule is Cc1ccc(CNC(=O)N[C@@H](Cc2cnc[nH]2)C(=O)O)s1. The number of imidazole rings is 1. The molecule has 21 heavy (non-hydrogen) atoms. The minimum Gasteiger partial charge on any atom is -0.480 e. The van der Waals surface area contributed by atoms with Gasteiger partial charge in [-0.05, 0) is 19.1 Å². The van der Waals surface area contributed by atoms with Crippen LogP contribution < -0.4 is 10.6 Å². The van der Waals surface area contributed by atoms with E-state index in [9.17, 15) is 9.59 Å². The molecule has 0 bridgehead atoms. The fourth-order valence-corrected chi connectivity index (χ4v) is 2.60. The standard InChI is InChI=1S/C13H16N4O3S/c1-8-2-3-10(21-8)6-15-13(20)17-11(12(18)19)4-9-5-14-7-16-9/h2-3,5,7,11H,4,6H2,1H3,(H,14,16)(H,18,19)(H2,15,17,20)/t11-/m0/s1. The molecule has 0 spiro atoms. The van der Waals surface area contributed by atoms with Crippen molar-refractivity contribution in [3.8, 4) is 0 Å². The van der Waals surface area contributed by atoms with Crippen LogP contribution in [0.5, 0.6) is 0 Å². The van der Waals surface area contributed by atoms with Gasteiger partial charge in [0.1, 0.15) is 6.04 Å². The molecular weight excluding hydrogens is 292 g/mol. The summed E-state index contributed by atoms with van der Waals surface area (Å²) in [5.74, 6) is -1.09. The monoisotopic (exact) mass is 308 g/mol. The molecule has 0 aliphatic rings. The van der Waals surface area contributed by atoms with Gasteiger partial charge in [0.05, 0.1) is 12.9 Å². The van der Waals surface area contributed by atoms with Crippen LogP contribution >= 0.6 is 11.3 Å². The number of carbonyl (C=O) groups is 2. The summed E-state index contributed by atoms with van der Waals surface area (Å²) in [6, 6.07) is 2.39. The number of hydrogen-bond donors (Lipinski definition) is 4. The van der Waals surface area contributed by atoms with Gasteiger partial charge in [0.25, 0.3) is 0 Å². The number of aryl methyl sites for hydroxylation is 1. The van der Waals surface area contributed by atoms with Gasteiger partial charge in [-0.15, -0.1) is 11.3 Å². The van der Waals surface area contributed by atoms with Crippen LogP contribution in [0.1, 0.15) is 15.4 Å². The van der Waals surface area contributed by atoms with E-state index < -0.39 is 18.0 Å². The van der Waals surface area contributed by atoms with Gasteiger partial charge in [0.2, 0.25) is 0 Å². The summed E-state index contributed by atoms with van der Waals surface area (Å²) in [5.41, 5.74) is 0.650. The molecule has 0 unspecified atom stereocenters. The number of rotatable bonds is 6. The summed E-state index contributed by atoms with van der Waals surface area (Å²) in [6.45, 7) is 2.36. The van der Waals surface area contributed by atoms with E-state index in [0.717, 1.165) is 9.75 Å². The molecule has 2 heterocycles. The number of thiophene rings is 1. The second-order valence-electron chi connectivity index (χ2n) is 4.51. The zero-order valence-electron chi connectivity index (χ0n) is 11.4. The van der Waals surface area contributed by atoms with Gasteiger partial charge in [0, 0.05) is 28.1 Å². The van der Waals surface area contributed by atoms with E-state index in [4.69, 9.17) is 5.11 Å². The van der Waals surface area contributed by atoms with E-state index in [2.05, 4.69) is 20.6 Å². The van der Waals surface area contributed by atoms with E-state index in [1.54, 1.807) is 11.3 Å². The predicted octanol–water partition coefficient (Wildman–Crippen LogP) is 1.27. The largest absolute Gasteiger partial charge is 0.480 e. The van der Waals surface area contributed by atoms with Gasteiger partial charge in [-0.2, -0.15) is 0 Å². The summed E-state index contributed by atoms with van der Waals surface area (Å²) < 4.78 is 0. The molecule has 2 aromatic rings. The quantitative estimate of drug-likeness (QED) is 0.644. The van der Waals surface area contributed by atoms with E-state index >= 15 is 0 Å². The summed E-state index contributed by atoms with van der Waals surface area (Å²) >= 11 is 1.59. The zero-order chi connectivity index (χ0) is 15.2. The Hall–Kier alpha value is -2.35. The van der Waals surface area contributed by atoms with Crippen molar-refractivity contribution >= 4 is 23.3 Å². The van der Waals surface area contributed by atoms with Crippen LogP contribution in [-0.4, -0.2) is 33.1 Å². The minimum atomic E-state index is -1.09. The van der Waals surface area contributed by atoms with Crippen molar-refractivity contribution in [2.75, 3.05) is 0 Å². The first-order chi connectivity index (χ1) is 10.0. The normalized spacial score (nSPS) is 11.9. The maximum absolute atomic E-state index is 11.8. The number of aromatic nitrogens is 2. The fraction of sp³-hybridized carbons (Fsp3) is 0.308. The van der Waals surface area contributed by atoms with E-state index in [1.165, 1.54) is 12.5 Å². The molecule has 0 fully saturated rings. The Kier molecular flexibility index (Phi) is 4.94. The van der Waals surface area contributed by atoms with Gasteiger partial charge in [-0.1, -0.05) is 0 Å². The first kappa shape index (κ1) is 15.0. The molecule has 0 saturated heterocycles. The Morgan fingerprint density at radius 3 is 2.86 bits per heavy atom. The van der Waals surface area contributed by atoms with Crippen molar-refractivity contribution < 1.29 is 14.7 Å². The molecule has 2 amide bonds. The number of carboxylic acid groups (broad SMARTS) is 1. The highest BCUT2D eigenvalue weighted by atomic mass is 32.1. The number of nitrogens with one attached hydrogen (secondary N) is 3. The predicted molar refractivity (Wildman–Crippen MR) is 78.1 cm³/mol. The van der Waals surface area contributed by atoms with Gasteiger partial charge in [-0.3, -0.25) is 0 Å². The number of urea groups is 1. The molecule has 0 radical (unpaired) electrons. The van der Waals surface area contributed by atoms with Crippen molar-refractivity contribution in [3.05, 3.63) is 40.1 Å². The Morgan fingerprint density at radius 2 is 2.29 bits per heavy atom. The van der Waals surface area contributed by atoms with Crippen molar-refractivity contribution in [1.29, 1.82) is 0 Å². The highest BCUT2D eigenvalue weighted by Crippen LogP contribution is 2.14. The fourth-order valence-electron chi connectivity index (χ4n) is 1.77. The van der Waals surface area contributed by atoms with Crippen LogP contribution in [0.4, 0.5) is 4.79 Å². The number of hydrogen-bond acceptors (Lipinski definition) is 4. The van der Waals surface area contributed by atoms with Crippen LogP contribution in [0.15, 0.2) is 24.7 Å². The number of amides is 2. The van der Waals surface area contributed by atoms with Crippen molar-refractivity contribution in [1.82, 2.24) is 20.6 Å². The van der Waals surface area contributed by atoms with Crippen molar-refractivity contribution in [3.63, 3.8) is 0 Å². The molecule has 0 aliphatic heterocycles. The summed E-state index contributed by atoms with van der Waals surface area (Å²) in [6.07, 6.45) is 3.15. The van der Waals surface area contributed by atoms with E-state index in [1.807, 2.05) is 19.1 Å². The van der Waals surface area contributed by atoms with Crippen LogP contribution in [0.3, 0.4) is 0 Å². The first-order valence-electron chi connectivity index (χ1n) is 6.34. The van der Waals surface area contributed by atoms with Crippen LogP contribution in [0.25, 0.3) is 0 Å². The number of aromatic amines is 1. The van der Waals surface area contributed by atoms with Gasteiger partial charge in [-0.25, -0.2) is 14.6 Å². The van der Waals surface area contributed by atoms with Crippen LogP contribution in [0.2, 0.25) is 0 Å². The highest BCUT2D eigenvalue weighted by Gasteiger charge is 2.20. The lowest BCUT2D eigenvalue weighted by Gasteiger charge is -2.14. The number of nitrogens with zero attached hydrogens (tertiary/aromatic N) is 1. The van der Waals surface area contributed by atoms with Crippen molar-refractivity contribution in [2.24, 2.45) is 0 Å². The Balaban J connectivity index is 1.84. The molecule has 112 valence electrons. The van der Waals surface area contributed by atoms with Crippen molar-refractivity contribution in [2.45, 2.75) is 25.9 Å². The number of carbonyl (C=O) groups excluding carboxylic acids is 1. The Bertz CT molecular complexity index is 609. The molecule has 4 N–H and O–H groups in total. The topological polar surface area (TPSA) is 107 Å². The summed E-state index contributed by atoms with van der Waals surface area (Å²) in [7, 11) is 0. The lowest BCUT2D eigenvalue weighted by molar-refractivity contribution is -0.139. The Morgan fingerprint density at radius 1 is 1.48 bits per heavy atom. The minimum absolute atomic E-state index is 0.154. The molecule has 0 saturated carbocycles. The Labute approximate surface area is 125 Å². The number of carboxylic acids is 1. The van der Waals surface area contributed by atoms with Gasteiger partial charge in [0.15, 0.2) is 0 Å². The zero-order valence-corrected chi connectivity index (χ0v) is 12.2. The molecule has 2 rings (SSSR count). The number of aliphatic carboxylic acids is 1. The smallest absolute Gasteiger partial charge is 0.326 e. The maximum atomic E-state index is 11.8. The molecule has 7 nitrogen and oxygen atoms in total. The lowest BCUT2D eigenvalue weighted by Crippen LogP contribution is -2.46. The van der Waals surface area contributed by atoms with Gasteiger partial charge >= 0.3 is 12.0 Å². The molecule has 0 aliphatic carbocycles. The second kappa shape index (κ2) is 6.89. The molecule has 2 aromatic heterocycles. The molecular formula is C13H16N4O3S.